The third-order valence-electron chi connectivity index (χ3n) is 4.49. The summed E-state index contributed by atoms with van der Waals surface area (Å²) in [5.74, 6) is -1.26. The van der Waals surface area contributed by atoms with E-state index < -0.39 is 34.6 Å². The summed E-state index contributed by atoms with van der Waals surface area (Å²) in [5, 5.41) is 0. The molecule has 0 bridgehead atoms. The van der Waals surface area contributed by atoms with Gasteiger partial charge in [-0.2, -0.15) is 13.2 Å². The molecule has 21 heavy (non-hydrogen) atoms. The van der Waals surface area contributed by atoms with E-state index in [0.29, 0.717) is 18.4 Å². The van der Waals surface area contributed by atoms with Crippen LogP contribution in [0.1, 0.15) is 44.2 Å². The molecular weight excluding hydrogens is 284 g/mol. The molecule has 0 amide bonds. The maximum absolute atomic E-state index is 13.4. The van der Waals surface area contributed by atoms with Crippen molar-refractivity contribution in [1.82, 2.24) is 0 Å². The van der Waals surface area contributed by atoms with Gasteiger partial charge in [0, 0.05) is 17.0 Å². The van der Waals surface area contributed by atoms with E-state index in [1.807, 2.05) is 0 Å². The van der Waals surface area contributed by atoms with E-state index in [4.69, 9.17) is 11.5 Å². The molecule has 1 saturated carbocycles. The van der Waals surface area contributed by atoms with Crippen molar-refractivity contribution in [2.75, 3.05) is 0 Å². The quantitative estimate of drug-likeness (QED) is 0.842. The third-order valence-corrected chi connectivity index (χ3v) is 4.49. The minimum absolute atomic E-state index is 0.425. The highest BCUT2D eigenvalue weighted by Crippen LogP contribution is 2.49. The van der Waals surface area contributed by atoms with Gasteiger partial charge >= 0.3 is 6.18 Å². The van der Waals surface area contributed by atoms with Crippen molar-refractivity contribution in [2.24, 2.45) is 11.5 Å². The maximum Gasteiger partial charge on any atom is 0.419 e. The molecule has 2 nitrogen and oxygen atoms in total. The van der Waals surface area contributed by atoms with Crippen LogP contribution in [0.4, 0.5) is 17.6 Å². The highest BCUT2D eigenvalue weighted by atomic mass is 19.4. The second-order valence-electron chi connectivity index (χ2n) is 6.50. The molecule has 6 heteroatoms. The number of nitrogens with two attached hydrogens (primary N) is 2. The molecule has 2 rings (SSSR count). The van der Waals surface area contributed by atoms with Crippen molar-refractivity contribution in [1.29, 1.82) is 0 Å². The van der Waals surface area contributed by atoms with Gasteiger partial charge in [0.25, 0.3) is 0 Å². The van der Waals surface area contributed by atoms with E-state index in [1.54, 1.807) is 13.8 Å². The summed E-state index contributed by atoms with van der Waals surface area (Å²) in [6, 6.07) is 2.66. The summed E-state index contributed by atoms with van der Waals surface area (Å²) in [7, 11) is 0. The standard InChI is InChI=1S/C15H20F4N2/c1-13(2,21)12(20)14(6-3-7-14)9-4-5-11(16)10(8-9)15(17,18)19/h4-5,8,12H,3,6-7,20-21H2,1-2H3. The molecule has 4 N–H and O–H groups in total. The molecule has 118 valence electrons. The largest absolute Gasteiger partial charge is 0.419 e. The fourth-order valence-corrected chi connectivity index (χ4v) is 3.10. The van der Waals surface area contributed by atoms with E-state index in [9.17, 15) is 17.6 Å². The normalized spacial score (nSPS) is 20.0. The number of alkyl halides is 3. The zero-order chi connectivity index (χ0) is 16.1. The topological polar surface area (TPSA) is 52.0 Å². The molecule has 1 unspecified atom stereocenters. The van der Waals surface area contributed by atoms with Gasteiger partial charge in [0.2, 0.25) is 0 Å². The van der Waals surface area contributed by atoms with Gasteiger partial charge < -0.3 is 11.5 Å². The molecular formula is C15H20F4N2. The fraction of sp³-hybridized carbons (Fsp3) is 0.600. The lowest BCUT2D eigenvalue weighted by molar-refractivity contribution is -0.140. The van der Waals surface area contributed by atoms with Gasteiger partial charge in [-0.15, -0.1) is 0 Å². The van der Waals surface area contributed by atoms with Crippen LogP contribution in [0.3, 0.4) is 0 Å². The molecule has 0 radical (unpaired) electrons. The number of benzene rings is 1. The number of hydrogen-bond acceptors (Lipinski definition) is 2. The molecule has 1 aliphatic rings. The molecule has 1 atom stereocenters. The molecule has 1 fully saturated rings. The molecule has 1 aromatic rings. The second-order valence-corrected chi connectivity index (χ2v) is 6.50. The van der Waals surface area contributed by atoms with Gasteiger partial charge in [-0.25, -0.2) is 4.39 Å². The van der Waals surface area contributed by atoms with Crippen LogP contribution in [-0.2, 0) is 11.6 Å². The Balaban J connectivity index is 2.50. The van der Waals surface area contributed by atoms with Crippen molar-refractivity contribution >= 4 is 0 Å². The molecule has 1 aliphatic carbocycles. The Labute approximate surface area is 121 Å². The number of halogens is 4. The predicted molar refractivity (Wildman–Crippen MR) is 73.2 cm³/mol. The Bertz CT molecular complexity index is 527. The minimum Gasteiger partial charge on any atom is -0.325 e. The molecule has 0 aliphatic heterocycles. The van der Waals surface area contributed by atoms with Crippen LogP contribution >= 0.6 is 0 Å². The van der Waals surface area contributed by atoms with Crippen LogP contribution < -0.4 is 11.5 Å². The highest BCUT2D eigenvalue weighted by Gasteiger charge is 2.49. The SMILES string of the molecule is CC(C)(N)C(N)C1(c2ccc(F)c(C(F)(F)F)c2)CCC1. The molecule has 0 spiro atoms. The van der Waals surface area contributed by atoms with Crippen LogP contribution in [0.25, 0.3) is 0 Å². The van der Waals surface area contributed by atoms with Gasteiger partial charge in [-0.3, -0.25) is 0 Å². The lowest BCUT2D eigenvalue weighted by Crippen LogP contribution is -2.63. The second kappa shape index (κ2) is 4.95. The zero-order valence-electron chi connectivity index (χ0n) is 12.1. The first-order valence-corrected chi connectivity index (χ1v) is 6.90. The van der Waals surface area contributed by atoms with Gasteiger partial charge in [-0.1, -0.05) is 12.5 Å². The smallest absolute Gasteiger partial charge is 0.325 e. The van der Waals surface area contributed by atoms with Crippen LogP contribution in [0.15, 0.2) is 18.2 Å². The third kappa shape index (κ3) is 2.79. The van der Waals surface area contributed by atoms with E-state index in [2.05, 4.69) is 0 Å². The average molecular weight is 304 g/mol. The van der Waals surface area contributed by atoms with Crippen molar-refractivity contribution in [2.45, 2.75) is 56.3 Å². The molecule has 1 aromatic carbocycles. The van der Waals surface area contributed by atoms with E-state index in [-0.39, 0.29) is 0 Å². The lowest BCUT2D eigenvalue weighted by atomic mass is 9.57. The van der Waals surface area contributed by atoms with Gasteiger partial charge in [-0.05, 0) is 44.4 Å². The van der Waals surface area contributed by atoms with Gasteiger partial charge in [0.05, 0.1) is 5.56 Å². The summed E-state index contributed by atoms with van der Waals surface area (Å²) in [6.07, 6.45) is -2.51. The Hall–Kier alpha value is -1.14. The first kappa shape index (κ1) is 16.2. The van der Waals surface area contributed by atoms with Crippen molar-refractivity contribution in [3.63, 3.8) is 0 Å². The van der Waals surface area contributed by atoms with Crippen molar-refractivity contribution in [3.8, 4) is 0 Å². The van der Waals surface area contributed by atoms with Gasteiger partial charge in [0.15, 0.2) is 0 Å². The summed E-state index contributed by atoms with van der Waals surface area (Å²) in [6.45, 7) is 3.51. The van der Waals surface area contributed by atoms with Crippen LogP contribution in [-0.4, -0.2) is 11.6 Å². The van der Waals surface area contributed by atoms with Crippen molar-refractivity contribution < 1.29 is 17.6 Å². The Morgan fingerprint density at radius 2 is 1.76 bits per heavy atom. The first-order chi connectivity index (χ1) is 9.48. The number of rotatable bonds is 3. The van der Waals surface area contributed by atoms with Crippen LogP contribution in [0.5, 0.6) is 0 Å². The Morgan fingerprint density at radius 3 is 2.14 bits per heavy atom. The highest BCUT2D eigenvalue weighted by molar-refractivity contribution is 5.37. The lowest BCUT2D eigenvalue weighted by Gasteiger charge is -2.51. The monoisotopic (exact) mass is 304 g/mol. The Morgan fingerprint density at radius 1 is 1.19 bits per heavy atom. The number of hydrogen-bond donors (Lipinski definition) is 2. The summed E-state index contributed by atoms with van der Waals surface area (Å²) in [4.78, 5) is 0. The van der Waals surface area contributed by atoms with Gasteiger partial charge in [0.1, 0.15) is 5.82 Å². The summed E-state index contributed by atoms with van der Waals surface area (Å²) >= 11 is 0. The first-order valence-electron chi connectivity index (χ1n) is 6.90. The molecule has 0 aromatic heterocycles. The van der Waals surface area contributed by atoms with E-state index >= 15 is 0 Å². The van der Waals surface area contributed by atoms with Crippen LogP contribution in [0.2, 0.25) is 0 Å². The van der Waals surface area contributed by atoms with Crippen molar-refractivity contribution in [3.05, 3.63) is 35.1 Å². The van der Waals surface area contributed by atoms with Crippen LogP contribution in [0, 0.1) is 5.82 Å². The summed E-state index contributed by atoms with van der Waals surface area (Å²) < 4.78 is 52.1. The van der Waals surface area contributed by atoms with E-state index in [1.165, 1.54) is 6.07 Å². The van der Waals surface area contributed by atoms with E-state index in [0.717, 1.165) is 18.6 Å². The minimum atomic E-state index is -4.71. The Kier molecular flexibility index (Phi) is 3.83. The predicted octanol–water partition coefficient (Wildman–Crippen LogP) is 3.33. The summed E-state index contributed by atoms with van der Waals surface area (Å²) in [5.41, 5.74) is 10.1. The average Bonchev–Trinajstić information content (AvgIpc) is 2.26. The fourth-order valence-electron chi connectivity index (χ4n) is 3.10. The maximum atomic E-state index is 13.4. The zero-order valence-corrected chi connectivity index (χ0v) is 12.1. The molecule has 0 saturated heterocycles. The molecule has 0 heterocycles.